The Morgan fingerprint density at radius 2 is 1.92 bits per heavy atom. The zero-order valence-electron chi connectivity index (χ0n) is 14.3. The first-order valence-corrected chi connectivity index (χ1v) is 10.3. The molecule has 0 radical (unpaired) electrons. The van der Waals surface area contributed by atoms with Gasteiger partial charge in [-0.3, -0.25) is 0 Å². The summed E-state index contributed by atoms with van der Waals surface area (Å²) in [4.78, 5) is 4.83. The highest BCUT2D eigenvalue weighted by atomic mass is 32.2. The van der Waals surface area contributed by atoms with Crippen molar-refractivity contribution in [2.45, 2.75) is 50.5 Å². The lowest BCUT2D eigenvalue weighted by molar-refractivity contribution is 0.223. The second-order valence-electron chi connectivity index (χ2n) is 6.42. The fourth-order valence-corrected chi connectivity index (χ4v) is 5.87. The van der Waals surface area contributed by atoms with Gasteiger partial charge in [-0.05, 0) is 63.3 Å². The number of hydrogen-bond acceptors (Lipinski definition) is 5. The lowest BCUT2D eigenvalue weighted by Crippen LogP contribution is -2.50. The first-order valence-electron chi connectivity index (χ1n) is 7.89. The van der Waals surface area contributed by atoms with Crippen LogP contribution in [-0.4, -0.2) is 20.5 Å². The normalized spacial score (nSPS) is 16.7. The molecule has 0 unspecified atom stereocenters. The molecule has 1 fully saturated rings. The Kier molecular flexibility index (Phi) is 4.44. The lowest BCUT2D eigenvalue weighted by atomic mass is 9.78. The van der Waals surface area contributed by atoms with Crippen LogP contribution >= 0.6 is 11.3 Å². The zero-order valence-corrected chi connectivity index (χ0v) is 16.0. The van der Waals surface area contributed by atoms with Gasteiger partial charge in [0.15, 0.2) is 0 Å². The lowest BCUT2D eigenvalue weighted by Gasteiger charge is -2.40. The highest BCUT2D eigenvalue weighted by Gasteiger charge is 2.44. The Labute approximate surface area is 147 Å². The molecule has 7 heteroatoms. The van der Waals surface area contributed by atoms with Crippen molar-refractivity contribution in [2.75, 3.05) is 7.11 Å². The van der Waals surface area contributed by atoms with Crippen molar-refractivity contribution in [3.8, 4) is 5.75 Å². The van der Waals surface area contributed by atoms with Gasteiger partial charge >= 0.3 is 0 Å². The summed E-state index contributed by atoms with van der Waals surface area (Å²) in [7, 11) is -2.05. The smallest absolute Gasteiger partial charge is 0.241 e. The number of sulfonamides is 1. The molecule has 3 rings (SSSR count). The van der Waals surface area contributed by atoms with E-state index in [-0.39, 0.29) is 0 Å². The summed E-state index contributed by atoms with van der Waals surface area (Å²) in [6.45, 7) is 5.57. The van der Waals surface area contributed by atoms with Gasteiger partial charge < -0.3 is 4.74 Å². The van der Waals surface area contributed by atoms with Crippen molar-refractivity contribution in [1.82, 2.24) is 9.71 Å². The topological polar surface area (TPSA) is 68.3 Å². The Bertz CT molecular complexity index is 868. The van der Waals surface area contributed by atoms with Crippen LogP contribution in [-0.2, 0) is 15.6 Å². The molecule has 0 saturated heterocycles. The maximum Gasteiger partial charge on any atom is 0.241 e. The Morgan fingerprint density at radius 3 is 2.42 bits per heavy atom. The Morgan fingerprint density at radius 1 is 1.21 bits per heavy atom. The monoisotopic (exact) mass is 366 g/mol. The van der Waals surface area contributed by atoms with Gasteiger partial charge in [0.1, 0.15) is 10.8 Å². The van der Waals surface area contributed by atoms with Crippen LogP contribution in [0.1, 0.15) is 41.1 Å². The van der Waals surface area contributed by atoms with Crippen LogP contribution in [0, 0.1) is 20.8 Å². The standard InChI is InChI=1S/C17H22N2O3S2/c1-11-9-15(12(2)8-14(11)22-4)24(20,21)19-17(6-5-7-17)16-18-13(3)10-23-16/h8-10,19H,5-7H2,1-4H3. The predicted molar refractivity (Wildman–Crippen MR) is 95.2 cm³/mol. The number of benzene rings is 1. The van der Waals surface area contributed by atoms with E-state index in [0.717, 1.165) is 35.5 Å². The van der Waals surface area contributed by atoms with E-state index >= 15 is 0 Å². The molecule has 130 valence electrons. The van der Waals surface area contributed by atoms with E-state index in [1.807, 2.05) is 19.2 Å². The molecule has 1 N–H and O–H groups in total. The molecule has 0 bridgehead atoms. The highest BCUT2D eigenvalue weighted by molar-refractivity contribution is 7.89. The molecule has 1 aromatic heterocycles. The second kappa shape index (κ2) is 6.13. The zero-order chi connectivity index (χ0) is 17.5. The minimum absolute atomic E-state index is 0.306. The number of methoxy groups -OCH3 is 1. The molecule has 0 aliphatic heterocycles. The molecule has 0 atom stereocenters. The van der Waals surface area contributed by atoms with Crippen molar-refractivity contribution < 1.29 is 13.2 Å². The number of nitrogens with one attached hydrogen (secondary N) is 1. The van der Waals surface area contributed by atoms with E-state index in [2.05, 4.69) is 9.71 Å². The molecule has 0 spiro atoms. The SMILES string of the molecule is COc1cc(C)c(S(=O)(=O)NC2(c3nc(C)cs3)CCC2)cc1C. The van der Waals surface area contributed by atoms with Gasteiger partial charge in [-0.15, -0.1) is 11.3 Å². The van der Waals surface area contributed by atoms with Gasteiger partial charge in [0, 0.05) is 11.1 Å². The molecule has 1 aliphatic rings. The first kappa shape index (κ1) is 17.4. The summed E-state index contributed by atoms with van der Waals surface area (Å²) in [6, 6.07) is 3.45. The number of ether oxygens (including phenoxy) is 1. The minimum atomic E-state index is -3.63. The van der Waals surface area contributed by atoms with Gasteiger partial charge in [-0.25, -0.2) is 13.4 Å². The summed E-state index contributed by atoms with van der Waals surface area (Å²) in [5.74, 6) is 0.695. The largest absolute Gasteiger partial charge is 0.496 e. The number of hydrogen-bond donors (Lipinski definition) is 1. The second-order valence-corrected chi connectivity index (χ2v) is 8.93. The molecule has 24 heavy (non-hydrogen) atoms. The van der Waals surface area contributed by atoms with Gasteiger partial charge in [0.2, 0.25) is 10.0 Å². The molecule has 1 aliphatic carbocycles. The average molecular weight is 367 g/mol. The summed E-state index contributed by atoms with van der Waals surface area (Å²) in [5.41, 5.74) is 1.85. The van der Waals surface area contributed by atoms with Gasteiger partial charge in [0.05, 0.1) is 17.5 Å². The molecule has 0 amide bonds. The fraction of sp³-hybridized carbons (Fsp3) is 0.471. The van der Waals surface area contributed by atoms with Gasteiger partial charge in [-0.1, -0.05) is 0 Å². The maximum atomic E-state index is 13.0. The van der Waals surface area contributed by atoms with Crippen molar-refractivity contribution >= 4 is 21.4 Å². The Balaban J connectivity index is 1.98. The van der Waals surface area contributed by atoms with Crippen LogP contribution in [0.4, 0.5) is 0 Å². The van der Waals surface area contributed by atoms with Gasteiger partial charge in [-0.2, -0.15) is 4.72 Å². The third kappa shape index (κ3) is 2.96. The number of thiazole rings is 1. The molecule has 2 aromatic rings. The maximum absolute atomic E-state index is 13.0. The molecule has 1 heterocycles. The molecular weight excluding hydrogens is 344 g/mol. The molecule has 1 saturated carbocycles. The van der Waals surface area contributed by atoms with E-state index in [9.17, 15) is 8.42 Å². The summed E-state index contributed by atoms with van der Waals surface area (Å²) in [6.07, 6.45) is 2.57. The number of aromatic nitrogens is 1. The summed E-state index contributed by atoms with van der Waals surface area (Å²) in [5, 5.41) is 2.82. The molecule has 5 nitrogen and oxygen atoms in total. The summed E-state index contributed by atoms with van der Waals surface area (Å²) < 4.78 is 34.2. The van der Waals surface area contributed by atoms with E-state index < -0.39 is 15.6 Å². The van der Waals surface area contributed by atoms with E-state index in [1.165, 1.54) is 11.3 Å². The van der Waals surface area contributed by atoms with Crippen molar-refractivity contribution in [3.63, 3.8) is 0 Å². The number of aryl methyl sites for hydroxylation is 3. The van der Waals surface area contributed by atoms with E-state index in [0.29, 0.717) is 16.2 Å². The van der Waals surface area contributed by atoms with Crippen molar-refractivity contribution in [1.29, 1.82) is 0 Å². The quantitative estimate of drug-likeness (QED) is 0.880. The van der Waals surface area contributed by atoms with Crippen LogP contribution < -0.4 is 9.46 Å². The van der Waals surface area contributed by atoms with Crippen LogP contribution in [0.2, 0.25) is 0 Å². The van der Waals surface area contributed by atoms with E-state index in [4.69, 9.17) is 4.74 Å². The molecule has 1 aromatic carbocycles. The highest BCUT2D eigenvalue weighted by Crippen LogP contribution is 2.44. The van der Waals surface area contributed by atoms with Crippen molar-refractivity contribution in [2.24, 2.45) is 0 Å². The van der Waals surface area contributed by atoms with Crippen LogP contribution in [0.15, 0.2) is 22.4 Å². The van der Waals surface area contributed by atoms with Crippen LogP contribution in [0.5, 0.6) is 5.75 Å². The number of nitrogens with zero attached hydrogens (tertiary/aromatic N) is 1. The summed E-state index contributed by atoms with van der Waals surface area (Å²) >= 11 is 1.52. The third-order valence-corrected chi connectivity index (χ3v) is 7.39. The number of rotatable bonds is 5. The minimum Gasteiger partial charge on any atom is -0.496 e. The van der Waals surface area contributed by atoms with Gasteiger partial charge in [0.25, 0.3) is 0 Å². The first-order chi connectivity index (χ1) is 11.3. The third-order valence-electron chi connectivity index (χ3n) is 4.55. The fourth-order valence-electron chi connectivity index (χ4n) is 3.05. The van der Waals surface area contributed by atoms with Crippen LogP contribution in [0.3, 0.4) is 0 Å². The van der Waals surface area contributed by atoms with E-state index in [1.54, 1.807) is 26.2 Å². The predicted octanol–water partition coefficient (Wildman–Crippen LogP) is 3.43. The Hall–Kier alpha value is -1.44. The van der Waals surface area contributed by atoms with Crippen molar-refractivity contribution in [3.05, 3.63) is 39.3 Å². The molecular formula is C17H22N2O3S2. The van der Waals surface area contributed by atoms with Crippen LogP contribution in [0.25, 0.3) is 0 Å². The average Bonchev–Trinajstić information content (AvgIpc) is 2.91.